The second-order valence-corrected chi connectivity index (χ2v) is 5.85. The van der Waals surface area contributed by atoms with Gasteiger partial charge in [-0.3, -0.25) is 10.1 Å². The summed E-state index contributed by atoms with van der Waals surface area (Å²) >= 11 is 7.24. The van der Waals surface area contributed by atoms with Crippen LogP contribution >= 0.6 is 34.8 Å². The minimum Gasteiger partial charge on any atom is -0.376 e. The number of benzene rings is 1. The minimum absolute atomic E-state index is 0.185. The fraction of sp³-hybridized carbons (Fsp3) is 0.385. The summed E-state index contributed by atoms with van der Waals surface area (Å²) in [6.45, 7) is 1.46. The molecule has 1 heterocycles. The molecule has 0 saturated carbocycles. The van der Waals surface area contributed by atoms with Gasteiger partial charge in [0.15, 0.2) is 5.11 Å². The van der Waals surface area contributed by atoms with Crippen molar-refractivity contribution < 1.29 is 9.53 Å². The summed E-state index contributed by atoms with van der Waals surface area (Å²) in [7, 11) is 0. The molecule has 19 heavy (non-hydrogen) atoms. The average molecular weight is 390 g/mol. The maximum absolute atomic E-state index is 12.0. The van der Waals surface area contributed by atoms with Gasteiger partial charge in [0.1, 0.15) is 0 Å². The van der Waals surface area contributed by atoms with Crippen molar-refractivity contribution in [2.75, 3.05) is 13.2 Å². The summed E-state index contributed by atoms with van der Waals surface area (Å²) in [6, 6.07) is 7.39. The Bertz CT molecular complexity index is 475. The maximum Gasteiger partial charge on any atom is 0.258 e. The van der Waals surface area contributed by atoms with Gasteiger partial charge < -0.3 is 10.1 Å². The van der Waals surface area contributed by atoms with Crippen molar-refractivity contribution in [1.29, 1.82) is 0 Å². The number of hydrogen-bond donors (Lipinski definition) is 2. The molecule has 2 N–H and O–H groups in total. The first-order valence-electron chi connectivity index (χ1n) is 6.12. The molecular formula is C13H15IN2O2S. The Morgan fingerprint density at radius 1 is 1.47 bits per heavy atom. The first kappa shape index (κ1) is 14.7. The van der Waals surface area contributed by atoms with Crippen LogP contribution in [0.4, 0.5) is 0 Å². The van der Waals surface area contributed by atoms with Crippen LogP contribution in [0.15, 0.2) is 24.3 Å². The predicted molar refractivity (Wildman–Crippen MR) is 86.2 cm³/mol. The Hall–Kier alpha value is -0.730. The molecule has 1 unspecified atom stereocenters. The van der Waals surface area contributed by atoms with Gasteiger partial charge in [0.25, 0.3) is 5.91 Å². The highest BCUT2D eigenvalue weighted by Gasteiger charge is 2.16. The van der Waals surface area contributed by atoms with Crippen LogP contribution in [0.1, 0.15) is 23.2 Å². The molecule has 0 bridgehead atoms. The van der Waals surface area contributed by atoms with Crippen LogP contribution in [0.3, 0.4) is 0 Å². The molecule has 4 nitrogen and oxygen atoms in total. The molecule has 102 valence electrons. The highest BCUT2D eigenvalue weighted by Crippen LogP contribution is 2.11. The maximum atomic E-state index is 12.0. The van der Waals surface area contributed by atoms with Crippen LogP contribution in [0.2, 0.25) is 0 Å². The summed E-state index contributed by atoms with van der Waals surface area (Å²) in [5.41, 5.74) is 0.629. The largest absolute Gasteiger partial charge is 0.376 e. The van der Waals surface area contributed by atoms with Crippen LogP contribution < -0.4 is 10.6 Å². The number of ether oxygens (including phenoxy) is 1. The molecular weight excluding hydrogens is 375 g/mol. The molecule has 0 radical (unpaired) electrons. The van der Waals surface area contributed by atoms with Crippen molar-refractivity contribution in [1.82, 2.24) is 10.6 Å². The van der Waals surface area contributed by atoms with E-state index in [0.717, 1.165) is 23.0 Å². The second-order valence-electron chi connectivity index (χ2n) is 4.28. The predicted octanol–water partition coefficient (Wildman–Crippen LogP) is 2.07. The highest BCUT2D eigenvalue weighted by molar-refractivity contribution is 14.1. The van der Waals surface area contributed by atoms with E-state index in [-0.39, 0.29) is 12.0 Å². The van der Waals surface area contributed by atoms with E-state index in [2.05, 4.69) is 33.2 Å². The lowest BCUT2D eigenvalue weighted by atomic mass is 10.2. The third-order valence-electron chi connectivity index (χ3n) is 2.86. The van der Waals surface area contributed by atoms with E-state index in [9.17, 15) is 4.79 Å². The van der Waals surface area contributed by atoms with Gasteiger partial charge in [0.05, 0.1) is 11.7 Å². The molecule has 1 aliphatic rings. The van der Waals surface area contributed by atoms with Crippen molar-refractivity contribution in [3.8, 4) is 0 Å². The van der Waals surface area contributed by atoms with Gasteiger partial charge in [0.2, 0.25) is 0 Å². The van der Waals surface area contributed by atoms with Crippen LogP contribution in [-0.2, 0) is 4.74 Å². The molecule has 0 spiro atoms. The van der Waals surface area contributed by atoms with E-state index in [1.54, 1.807) is 6.07 Å². The summed E-state index contributed by atoms with van der Waals surface area (Å²) in [6.07, 6.45) is 2.33. The zero-order valence-electron chi connectivity index (χ0n) is 10.3. The van der Waals surface area contributed by atoms with E-state index < -0.39 is 0 Å². The lowest BCUT2D eigenvalue weighted by molar-refractivity contribution is 0.0972. The van der Waals surface area contributed by atoms with Crippen molar-refractivity contribution in [2.24, 2.45) is 0 Å². The summed E-state index contributed by atoms with van der Waals surface area (Å²) < 4.78 is 6.38. The molecule has 1 aliphatic heterocycles. The Morgan fingerprint density at radius 2 is 2.26 bits per heavy atom. The molecule has 1 aromatic rings. The Labute approximate surface area is 131 Å². The van der Waals surface area contributed by atoms with Crippen molar-refractivity contribution in [2.45, 2.75) is 18.9 Å². The van der Waals surface area contributed by atoms with Gasteiger partial charge >= 0.3 is 0 Å². The number of rotatable bonds is 3. The molecule has 2 rings (SSSR count). The lowest BCUT2D eigenvalue weighted by Crippen LogP contribution is -2.42. The van der Waals surface area contributed by atoms with Crippen molar-refractivity contribution in [3.63, 3.8) is 0 Å². The molecule has 1 atom stereocenters. The second kappa shape index (κ2) is 7.16. The van der Waals surface area contributed by atoms with Gasteiger partial charge in [-0.05, 0) is 59.8 Å². The number of carbonyl (C=O) groups is 1. The first-order valence-corrected chi connectivity index (χ1v) is 7.61. The van der Waals surface area contributed by atoms with E-state index >= 15 is 0 Å². The number of carbonyl (C=O) groups excluding carboxylic acids is 1. The molecule has 1 saturated heterocycles. The summed E-state index contributed by atoms with van der Waals surface area (Å²) in [4.78, 5) is 12.0. The van der Waals surface area contributed by atoms with Crippen molar-refractivity contribution in [3.05, 3.63) is 33.4 Å². The highest BCUT2D eigenvalue weighted by atomic mass is 127. The number of nitrogens with one attached hydrogen (secondary N) is 2. The van der Waals surface area contributed by atoms with E-state index in [4.69, 9.17) is 17.0 Å². The lowest BCUT2D eigenvalue weighted by Gasteiger charge is -2.13. The molecule has 1 fully saturated rings. The van der Waals surface area contributed by atoms with Gasteiger partial charge in [-0.25, -0.2) is 0 Å². The van der Waals surface area contributed by atoms with Crippen molar-refractivity contribution >= 4 is 45.8 Å². The third kappa shape index (κ3) is 4.39. The van der Waals surface area contributed by atoms with Gasteiger partial charge in [0, 0.05) is 16.7 Å². The number of halogens is 1. The van der Waals surface area contributed by atoms with Crippen LogP contribution in [0.25, 0.3) is 0 Å². The molecule has 0 aromatic heterocycles. The number of amides is 1. The SMILES string of the molecule is O=C(NC(=S)NCC1CCCO1)c1ccccc1I. The third-order valence-corrected chi connectivity index (χ3v) is 4.05. The van der Waals surface area contributed by atoms with Gasteiger partial charge in [-0.15, -0.1) is 0 Å². The fourth-order valence-corrected chi connectivity index (χ4v) is 2.68. The summed E-state index contributed by atoms with van der Waals surface area (Å²) in [5, 5.41) is 6.05. The average Bonchev–Trinajstić information content (AvgIpc) is 2.90. The molecule has 0 aliphatic carbocycles. The van der Waals surface area contributed by atoms with Crippen LogP contribution in [0, 0.1) is 3.57 Å². The summed E-state index contributed by atoms with van der Waals surface area (Å²) in [5.74, 6) is -0.185. The standard InChI is InChI=1S/C13H15IN2O2S/c14-11-6-2-1-5-10(11)12(17)16-13(19)15-8-9-4-3-7-18-9/h1-2,5-6,9H,3-4,7-8H2,(H2,15,16,17,19). The zero-order valence-corrected chi connectivity index (χ0v) is 13.3. The Morgan fingerprint density at radius 3 is 2.95 bits per heavy atom. The fourth-order valence-electron chi connectivity index (χ4n) is 1.87. The van der Waals surface area contributed by atoms with Crippen LogP contribution in [0.5, 0.6) is 0 Å². The normalized spacial score (nSPS) is 18.1. The topological polar surface area (TPSA) is 50.4 Å². The molecule has 6 heteroatoms. The number of thiocarbonyl (C=S) groups is 1. The Kier molecular flexibility index (Phi) is 5.53. The van der Waals surface area contributed by atoms with Gasteiger partial charge in [-0.1, -0.05) is 12.1 Å². The number of hydrogen-bond acceptors (Lipinski definition) is 3. The van der Waals surface area contributed by atoms with Gasteiger partial charge in [-0.2, -0.15) is 0 Å². The quantitative estimate of drug-likeness (QED) is 0.613. The Balaban J connectivity index is 1.81. The smallest absolute Gasteiger partial charge is 0.258 e. The molecule has 1 aromatic carbocycles. The van der Waals surface area contributed by atoms with E-state index in [1.165, 1.54) is 0 Å². The first-order chi connectivity index (χ1) is 9.16. The van der Waals surface area contributed by atoms with Crippen LogP contribution in [-0.4, -0.2) is 30.3 Å². The minimum atomic E-state index is -0.185. The van der Waals surface area contributed by atoms with E-state index in [1.807, 2.05) is 18.2 Å². The monoisotopic (exact) mass is 390 g/mol. The zero-order chi connectivity index (χ0) is 13.7. The van der Waals surface area contributed by atoms with E-state index in [0.29, 0.717) is 17.2 Å². The molecule has 1 amide bonds.